The SMILES string of the molecule is CC1C[C@@]2(C)C(=CC1=O)CC[C@H]1[C@@H]3CCC=C3CC[C@@H]12. The molecule has 0 bridgehead atoms. The average molecular weight is 270 g/mol. The Kier molecular flexibility index (Phi) is 2.78. The molecule has 4 aliphatic rings. The molecule has 5 atom stereocenters. The number of rotatable bonds is 0. The van der Waals surface area contributed by atoms with Crippen LogP contribution in [0.15, 0.2) is 23.3 Å². The highest BCUT2D eigenvalue weighted by molar-refractivity contribution is 5.93. The van der Waals surface area contributed by atoms with Gasteiger partial charge in [0.1, 0.15) is 0 Å². The van der Waals surface area contributed by atoms with E-state index in [9.17, 15) is 4.79 Å². The van der Waals surface area contributed by atoms with Gasteiger partial charge in [-0.3, -0.25) is 4.79 Å². The van der Waals surface area contributed by atoms with E-state index >= 15 is 0 Å². The van der Waals surface area contributed by atoms with Crippen LogP contribution in [0.1, 0.15) is 58.8 Å². The van der Waals surface area contributed by atoms with E-state index in [0.717, 1.165) is 24.2 Å². The second-order valence-corrected chi connectivity index (χ2v) is 7.91. The number of carbonyl (C=O) groups excluding carboxylic acids is 1. The first-order valence-electron chi connectivity index (χ1n) is 8.53. The summed E-state index contributed by atoms with van der Waals surface area (Å²) in [6.45, 7) is 4.61. The zero-order valence-corrected chi connectivity index (χ0v) is 12.8. The zero-order valence-electron chi connectivity index (χ0n) is 12.8. The standard InChI is InChI=1S/C19H26O/c1-12-11-19(2)14(10-18(12)20)7-8-16-15-5-3-4-13(15)6-9-17(16)19/h4,10,12,15-17H,3,5-9,11H2,1-2H3/t12?,15-,16+,17+,19+/m1/s1. The van der Waals surface area contributed by atoms with E-state index in [0.29, 0.717) is 11.2 Å². The molecule has 0 amide bonds. The fraction of sp³-hybridized carbons (Fsp3) is 0.737. The van der Waals surface area contributed by atoms with Crippen molar-refractivity contribution in [3.05, 3.63) is 23.3 Å². The fourth-order valence-corrected chi connectivity index (χ4v) is 5.99. The molecule has 1 unspecified atom stereocenters. The Labute approximate surface area is 122 Å². The maximum absolute atomic E-state index is 12.0. The Bertz CT molecular complexity index is 512. The van der Waals surface area contributed by atoms with E-state index in [1.54, 1.807) is 5.57 Å². The number of hydrogen-bond donors (Lipinski definition) is 0. The fourth-order valence-electron chi connectivity index (χ4n) is 5.99. The van der Waals surface area contributed by atoms with Crippen molar-refractivity contribution >= 4 is 5.78 Å². The number of ketones is 1. The van der Waals surface area contributed by atoms with Crippen molar-refractivity contribution in [1.29, 1.82) is 0 Å². The van der Waals surface area contributed by atoms with Gasteiger partial charge in [0.15, 0.2) is 5.78 Å². The van der Waals surface area contributed by atoms with Gasteiger partial charge < -0.3 is 0 Å². The molecule has 0 radical (unpaired) electrons. The summed E-state index contributed by atoms with van der Waals surface area (Å²) in [6, 6.07) is 0. The van der Waals surface area contributed by atoms with Crippen LogP contribution in [0.5, 0.6) is 0 Å². The lowest BCUT2D eigenvalue weighted by molar-refractivity contribution is -0.120. The molecule has 20 heavy (non-hydrogen) atoms. The van der Waals surface area contributed by atoms with Crippen molar-refractivity contribution in [3.63, 3.8) is 0 Å². The van der Waals surface area contributed by atoms with Crippen molar-refractivity contribution < 1.29 is 4.79 Å². The van der Waals surface area contributed by atoms with E-state index in [4.69, 9.17) is 0 Å². The van der Waals surface area contributed by atoms with E-state index in [2.05, 4.69) is 19.9 Å². The third-order valence-corrected chi connectivity index (χ3v) is 6.97. The van der Waals surface area contributed by atoms with Crippen LogP contribution in [0, 0.1) is 29.1 Å². The molecule has 0 aromatic carbocycles. The van der Waals surface area contributed by atoms with Crippen molar-refractivity contribution in [1.82, 2.24) is 0 Å². The quantitative estimate of drug-likeness (QED) is 0.584. The molecule has 2 fully saturated rings. The maximum Gasteiger partial charge on any atom is 0.158 e. The molecular weight excluding hydrogens is 244 g/mol. The van der Waals surface area contributed by atoms with Crippen LogP contribution in [0.2, 0.25) is 0 Å². The number of carbonyl (C=O) groups is 1. The van der Waals surface area contributed by atoms with Crippen LogP contribution in [-0.4, -0.2) is 5.78 Å². The molecule has 108 valence electrons. The summed E-state index contributed by atoms with van der Waals surface area (Å²) in [5.74, 6) is 3.25. The van der Waals surface area contributed by atoms with Gasteiger partial charge in [0.25, 0.3) is 0 Å². The van der Waals surface area contributed by atoms with Gasteiger partial charge in [0.2, 0.25) is 0 Å². The summed E-state index contributed by atoms with van der Waals surface area (Å²) in [5, 5.41) is 0. The van der Waals surface area contributed by atoms with Crippen molar-refractivity contribution in [2.45, 2.75) is 58.8 Å². The van der Waals surface area contributed by atoms with E-state index in [-0.39, 0.29) is 5.92 Å². The second-order valence-electron chi connectivity index (χ2n) is 7.91. The highest BCUT2D eigenvalue weighted by Crippen LogP contribution is 2.61. The molecule has 4 rings (SSSR count). The lowest BCUT2D eigenvalue weighted by Crippen LogP contribution is -2.47. The molecule has 2 saturated carbocycles. The topological polar surface area (TPSA) is 17.1 Å². The van der Waals surface area contributed by atoms with Gasteiger partial charge in [-0.05, 0) is 74.2 Å². The molecule has 1 nitrogen and oxygen atoms in total. The number of allylic oxidation sites excluding steroid dienone is 4. The Balaban J connectivity index is 1.71. The molecule has 0 aromatic heterocycles. The molecule has 0 aromatic rings. The van der Waals surface area contributed by atoms with Crippen LogP contribution in [0.4, 0.5) is 0 Å². The lowest BCUT2D eigenvalue weighted by Gasteiger charge is -2.55. The largest absolute Gasteiger partial charge is 0.295 e. The van der Waals surface area contributed by atoms with E-state index < -0.39 is 0 Å². The van der Waals surface area contributed by atoms with Crippen molar-refractivity contribution in [2.24, 2.45) is 29.1 Å². The first-order chi connectivity index (χ1) is 9.59. The summed E-state index contributed by atoms with van der Waals surface area (Å²) in [7, 11) is 0. The predicted molar refractivity (Wildman–Crippen MR) is 81.2 cm³/mol. The third-order valence-electron chi connectivity index (χ3n) is 6.97. The van der Waals surface area contributed by atoms with Gasteiger partial charge >= 0.3 is 0 Å². The Hall–Kier alpha value is -0.850. The van der Waals surface area contributed by atoms with Crippen molar-refractivity contribution in [3.8, 4) is 0 Å². The van der Waals surface area contributed by atoms with Gasteiger partial charge in [-0.2, -0.15) is 0 Å². The summed E-state index contributed by atoms with van der Waals surface area (Å²) < 4.78 is 0. The van der Waals surface area contributed by atoms with Crippen LogP contribution in [0.3, 0.4) is 0 Å². The highest BCUT2D eigenvalue weighted by Gasteiger charge is 2.52. The normalized spacial score (nSPS) is 47.0. The molecule has 4 aliphatic carbocycles. The maximum atomic E-state index is 12.0. The van der Waals surface area contributed by atoms with Crippen LogP contribution in [0.25, 0.3) is 0 Å². The van der Waals surface area contributed by atoms with Crippen LogP contribution in [-0.2, 0) is 4.79 Å². The molecule has 0 N–H and O–H groups in total. The monoisotopic (exact) mass is 270 g/mol. The Morgan fingerprint density at radius 1 is 1.20 bits per heavy atom. The first-order valence-corrected chi connectivity index (χ1v) is 8.53. The van der Waals surface area contributed by atoms with Crippen molar-refractivity contribution in [2.75, 3.05) is 0 Å². The Morgan fingerprint density at radius 3 is 2.90 bits per heavy atom. The third kappa shape index (κ3) is 1.64. The molecular formula is C19H26O. The van der Waals surface area contributed by atoms with Gasteiger partial charge in [-0.25, -0.2) is 0 Å². The Morgan fingerprint density at radius 2 is 2.05 bits per heavy atom. The molecule has 0 saturated heterocycles. The second kappa shape index (κ2) is 4.32. The number of hydrogen-bond acceptors (Lipinski definition) is 1. The van der Waals surface area contributed by atoms with Gasteiger partial charge in [0, 0.05) is 5.92 Å². The minimum absolute atomic E-state index is 0.239. The van der Waals surface area contributed by atoms with Gasteiger partial charge in [-0.1, -0.05) is 31.1 Å². The van der Waals surface area contributed by atoms with Crippen LogP contribution >= 0.6 is 0 Å². The molecule has 0 spiro atoms. The summed E-state index contributed by atoms with van der Waals surface area (Å²) in [6.07, 6.45) is 13.6. The molecule has 1 heteroatoms. The summed E-state index contributed by atoms with van der Waals surface area (Å²) >= 11 is 0. The van der Waals surface area contributed by atoms with Gasteiger partial charge in [0.05, 0.1) is 0 Å². The first kappa shape index (κ1) is 12.9. The zero-order chi connectivity index (χ0) is 13.9. The minimum atomic E-state index is 0.239. The molecule has 0 heterocycles. The van der Waals surface area contributed by atoms with Crippen LogP contribution < -0.4 is 0 Å². The molecule has 0 aliphatic heterocycles. The van der Waals surface area contributed by atoms with E-state index in [1.807, 2.05) is 6.08 Å². The predicted octanol–water partition coefficient (Wildman–Crippen LogP) is 4.68. The highest BCUT2D eigenvalue weighted by atomic mass is 16.1. The summed E-state index contributed by atoms with van der Waals surface area (Å²) in [5.41, 5.74) is 3.60. The lowest BCUT2D eigenvalue weighted by atomic mass is 9.49. The number of fused-ring (bicyclic) bond motifs is 5. The van der Waals surface area contributed by atoms with Gasteiger partial charge in [-0.15, -0.1) is 0 Å². The summed E-state index contributed by atoms with van der Waals surface area (Å²) in [4.78, 5) is 12.0. The van der Waals surface area contributed by atoms with E-state index in [1.165, 1.54) is 44.1 Å². The average Bonchev–Trinajstić information content (AvgIpc) is 2.89. The smallest absolute Gasteiger partial charge is 0.158 e. The minimum Gasteiger partial charge on any atom is -0.295 e.